The fourth-order valence-electron chi connectivity index (χ4n) is 1.43. The molecule has 18 heavy (non-hydrogen) atoms. The van der Waals surface area contributed by atoms with Crippen LogP contribution < -0.4 is 0 Å². The summed E-state index contributed by atoms with van der Waals surface area (Å²) in [4.78, 5) is 11.8. The lowest BCUT2D eigenvalue weighted by atomic mass is 10.1. The number of carbonyl (C=O) groups excluding carboxylic acids is 1. The summed E-state index contributed by atoms with van der Waals surface area (Å²) < 4.78 is 7.02. The number of thioether (sulfide) groups is 1. The van der Waals surface area contributed by atoms with Gasteiger partial charge < -0.3 is 9.30 Å². The Morgan fingerprint density at radius 2 is 2.17 bits per heavy atom. The summed E-state index contributed by atoms with van der Waals surface area (Å²) in [6.07, 6.45) is 2.40. The van der Waals surface area contributed by atoms with E-state index in [0.717, 1.165) is 5.16 Å². The van der Waals surface area contributed by atoms with E-state index in [4.69, 9.17) is 4.74 Å². The highest BCUT2D eigenvalue weighted by Crippen LogP contribution is 2.28. The van der Waals surface area contributed by atoms with E-state index in [1.807, 2.05) is 18.4 Å². The first-order valence-corrected chi connectivity index (χ1v) is 7.01. The maximum absolute atomic E-state index is 11.8. The van der Waals surface area contributed by atoms with Gasteiger partial charge in [0.05, 0.1) is 6.61 Å². The molecule has 0 aliphatic rings. The number of nitrogens with zero attached hydrogens (tertiary/aromatic N) is 3. The molecule has 5 nitrogen and oxygen atoms in total. The second-order valence-corrected chi connectivity index (χ2v) is 6.09. The minimum atomic E-state index is -0.227. The quantitative estimate of drug-likeness (QED) is 0.608. The predicted octanol–water partition coefficient (Wildman–Crippen LogP) is 2.47. The highest BCUT2D eigenvalue weighted by Gasteiger charge is 2.25. The first-order chi connectivity index (χ1) is 8.40. The molecule has 0 aliphatic heterocycles. The summed E-state index contributed by atoms with van der Waals surface area (Å²) in [7, 11) is 0. The molecule has 0 aromatic carbocycles. The number of ether oxygens (including phenoxy) is 1. The fourth-order valence-corrected chi connectivity index (χ4v) is 2.54. The second-order valence-electron chi connectivity index (χ2n) is 4.92. The highest BCUT2D eigenvalue weighted by molar-refractivity contribution is 8.00. The van der Waals surface area contributed by atoms with Crippen molar-refractivity contribution in [1.82, 2.24) is 14.8 Å². The summed E-state index contributed by atoms with van der Waals surface area (Å²) >= 11 is 1.41. The van der Waals surface area contributed by atoms with Gasteiger partial charge >= 0.3 is 5.97 Å². The van der Waals surface area contributed by atoms with E-state index in [1.54, 1.807) is 6.33 Å². The first kappa shape index (κ1) is 15.0. The Morgan fingerprint density at radius 1 is 1.50 bits per heavy atom. The Morgan fingerprint density at radius 3 is 2.67 bits per heavy atom. The van der Waals surface area contributed by atoms with Crippen molar-refractivity contribution in [2.45, 2.75) is 57.0 Å². The topological polar surface area (TPSA) is 57.0 Å². The molecule has 1 heterocycles. The van der Waals surface area contributed by atoms with E-state index in [0.29, 0.717) is 13.0 Å². The highest BCUT2D eigenvalue weighted by atomic mass is 32.2. The molecular formula is C12H21N3O2S. The Balaban J connectivity index is 2.83. The molecule has 0 radical (unpaired) electrons. The maximum Gasteiger partial charge on any atom is 0.319 e. The van der Waals surface area contributed by atoms with Crippen LogP contribution in [0.25, 0.3) is 0 Å². The monoisotopic (exact) mass is 271 g/mol. The van der Waals surface area contributed by atoms with Crippen LogP contribution in [0.2, 0.25) is 0 Å². The van der Waals surface area contributed by atoms with Gasteiger partial charge in [0.25, 0.3) is 0 Å². The van der Waals surface area contributed by atoms with E-state index in [-0.39, 0.29) is 16.8 Å². The molecule has 1 rings (SSSR count). The van der Waals surface area contributed by atoms with Crippen molar-refractivity contribution in [2.75, 3.05) is 6.61 Å². The van der Waals surface area contributed by atoms with Crippen LogP contribution in [0, 0.1) is 0 Å². The van der Waals surface area contributed by atoms with Gasteiger partial charge in [-0.1, -0.05) is 18.7 Å². The number of aromatic nitrogens is 3. The van der Waals surface area contributed by atoms with Crippen LogP contribution in [0.5, 0.6) is 0 Å². The van der Waals surface area contributed by atoms with Crippen LogP contribution in [0.1, 0.15) is 41.0 Å². The molecule has 1 atom stereocenters. The van der Waals surface area contributed by atoms with Gasteiger partial charge in [-0.15, -0.1) is 10.2 Å². The lowest BCUT2D eigenvalue weighted by Gasteiger charge is -2.23. The molecule has 1 unspecified atom stereocenters. The van der Waals surface area contributed by atoms with Crippen LogP contribution in [-0.4, -0.2) is 32.6 Å². The van der Waals surface area contributed by atoms with Crippen LogP contribution in [0.3, 0.4) is 0 Å². The van der Waals surface area contributed by atoms with Crippen molar-refractivity contribution in [3.8, 4) is 0 Å². The van der Waals surface area contributed by atoms with Crippen molar-refractivity contribution >= 4 is 17.7 Å². The van der Waals surface area contributed by atoms with Gasteiger partial charge in [-0.3, -0.25) is 4.79 Å². The molecule has 0 bridgehead atoms. The molecule has 1 aromatic heterocycles. The molecule has 0 saturated heterocycles. The summed E-state index contributed by atoms with van der Waals surface area (Å²) in [6.45, 7) is 10.4. The predicted molar refractivity (Wildman–Crippen MR) is 71.6 cm³/mol. The van der Waals surface area contributed by atoms with Gasteiger partial charge in [-0.25, -0.2) is 0 Å². The zero-order valence-corrected chi connectivity index (χ0v) is 12.5. The molecule has 102 valence electrons. The van der Waals surface area contributed by atoms with Gasteiger partial charge in [0.15, 0.2) is 5.16 Å². The van der Waals surface area contributed by atoms with Crippen molar-refractivity contribution in [3.63, 3.8) is 0 Å². The lowest BCUT2D eigenvalue weighted by molar-refractivity contribution is -0.142. The molecule has 0 aliphatic carbocycles. The van der Waals surface area contributed by atoms with Crippen LogP contribution in [-0.2, 0) is 15.1 Å². The Labute approximate surface area is 112 Å². The third-order valence-electron chi connectivity index (χ3n) is 2.41. The Hall–Kier alpha value is -1.04. The van der Waals surface area contributed by atoms with Gasteiger partial charge in [-0.2, -0.15) is 0 Å². The van der Waals surface area contributed by atoms with Gasteiger partial charge in [0.1, 0.15) is 11.6 Å². The van der Waals surface area contributed by atoms with Crippen molar-refractivity contribution < 1.29 is 9.53 Å². The Kier molecular flexibility index (Phi) is 5.19. The van der Waals surface area contributed by atoms with E-state index >= 15 is 0 Å². The standard InChI is InChI=1S/C12H21N3O2S/c1-6-9(10(16)17-7-2)18-11-14-13-8-15(11)12(3,4)5/h8-9H,6-7H2,1-5H3. The fraction of sp³-hybridized carbons (Fsp3) is 0.750. The third kappa shape index (κ3) is 3.73. The molecule has 0 amide bonds. The summed E-state index contributed by atoms with van der Waals surface area (Å²) in [6, 6.07) is 0. The van der Waals surface area contributed by atoms with Gasteiger partial charge in [0.2, 0.25) is 0 Å². The van der Waals surface area contributed by atoms with Crippen LogP contribution >= 0.6 is 11.8 Å². The number of esters is 1. The maximum atomic E-state index is 11.8. The molecular weight excluding hydrogens is 250 g/mol. The van der Waals surface area contributed by atoms with Crippen LogP contribution in [0.4, 0.5) is 0 Å². The summed E-state index contributed by atoms with van der Waals surface area (Å²) in [5, 5.41) is 8.53. The molecule has 0 saturated carbocycles. The van der Waals surface area contributed by atoms with Crippen molar-refractivity contribution in [2.24, 2.45) is 0 Å². The normalized spacial score (nSPS) is 13.4. The minimum absolute atomic E-state index is 0.0984. The summed E-state index contributed by atoms with van der Waals surface area (Å²) in [5.41, 5.74) is -0.0984. The number of rotatable bonds is 5. The van der Waals surface area contributed by atoms with E-state index < -0.39 is 0 Å². The van der Waals surface area contributed by atoms with Gasteiger partial charge in [0, 0.05) is 5.54 Å². The second kappa shape index (κ2) is 6.22. The molecule has 0 spiro atoms. The molecule has 6 heteroatoms. The number of carbonyl (C=O) groups is 1. The SMILES string of the molecule is CCOC(=O)C(CC)Sc1nncn1C(C)(C)C. The number of hydrogen-bond donors (Lipinski definition) is 0. The first-order valence-electron chi connectivity index (χ1n) is 6.14. The van der Waals surface area contributed by atoms with Crippen molar-refractivity contribution in [3.05, 3.63) is 6.33 Å². The Bertz CT molecular complexity index is 398. The average Bonchev–Trinajstić information content (AvgIpc) is 2.73. The molecule has 0 N–H and O–H groups in total. The molecule has 1 aromatic rings. The zero-order chi connectivity index (χ0) is 13.8. The van der Waals surface area contributed by atoms with Crippen LogP contribution in [0.15, 0.2) is 11.5 Å². The lowest BCUT2D eigenvalue weighted by Crippen LogP contribution is -2.24. The zero-order valence-electron chi connectivity index (χ0n) is 11.6. The van der Waals surface area contributed by atoms with Gasteiger partial charge in [-0.05, 0) is 34.1 Å². The summed E-state index contributed by atoms with van der Waals surface area (Å²) in [5.74, 6) is -0.187. The van der Waals surface area contributed by atoms with Crippen molar-refractivity contribution in [1.29, 1.82) is 0 Å². The number of hydrogen-bond acceptors (Lipinski definition) is 5. The minimum Gasteiger partial charge on any atom is -0.465 e. The van der Waals surface area contributed by atoms with E-state index in [2.05, 4.69) is 31.0 Å². The third-order valence-corrected chi connectivity index (χ3v) is 3.71. The largest absolute Gasteiger partial charge is 0.465 e. The molecule has 0 fully saturated rings. The smallest absolute Gasteiger partial charge is 0.319 e. The average molecular weight is 271 g/mol. The van der Waals surface area contributed by atoms with E-state index in [9.17, 15) is 4.79 Å². The van der Waals surface area contributed by atoms with E-state index in [1.165, 1.54) is 11.8 Å².